The van der Waals surface area contributed by atoms with Crippen molar-refractivity contribution in [3.63, 3.8) is 0 Å². The highest BCUT2D eigenvalue weighted by Gasteiger charge is 2.20. The molecular weight excluding hydrogens is 249 g/mol. The van der Waals surface area contributed by atoms with E-state index in [9.17, 15) is 4.39 Å². The fraction of sp³-hybridized carbons (Fsp3) is 0.333. The molecule has 1 N–H and O–H groups in total. The van der Waals surface area contributed by atoms with Crippen LogP contribution in [0.1, 0.15) is 29.5 Å². The van der Waals surface area contributed by atoms with E-state index >= 15 is 0 Å². The van der Waals surface area contributed by atoms with E-state index in [0.717, 1.165) is 28.8 Å². The zero-order chi connectivity index (χ0) is 14.1. The Labute approximate surface area is 119 Å². The molecule has 0 radical (unpaired) electrons. The van der Waals surface area contributed by atoms with Gasteiger partial charge in [0.25, 0.3) is 0 Å². The summed E-state index contributed by atoms with van der Waals surface area (Å²) in [5.74, 6) is -0.145. The third-order valence-electron chi connectivity index (χ3n) is 3.89. The first-order valence-electron chi connectivity index (χ1n) is 7.23. The number of benzene rings is 2. The van der Waals surface area contributed by atoms with Crippen molar-refractivity contribution in [2.75, 3.05) is 0 Å². The minimum atomic E-state index is -0.145. The van der Waals surface area contributed by atoms with Gasteiger partial charge in [0.05, 0.1) is 0 Å². The number of aryl methyl sites for hydroxylation is 2. The summed E-state index contributed by atoms with van der Waals surface area (Å²) in [6.07, 6.45) is 2.54. The van der Waals surface area contributed by atoms with Crippen LogP contribution in [0.3, 0.4) is 0 Å². The van der Waals surface area contributed by atoms with Crippen LogP contribution in [0.25, 0.3) is 11.1 Å². The molecule has 0 spiro atoms. The first-order valence-corrected chi connectivity index (χ1v) is 7.23. The summed E-state index contributed by atoms with van der Waals surface area (Å²) in [5, 5.41) is 3.47. The Kier molecular flexibility index (Phi) is 3.58. The van der Waals surface area contributed by atoms with E-state index in [1.165, 1.54) is 12.8 Å². The van der Waals surface area contributed by atoms with Crippen molar-refractivity contribution in [1.82, 2.24) is 5.32 Å². The highest BCUT2D eigenvalue weighted by molar-refractivity contribution is 5.69. The van der Waals surface area contributed by atoms with Gasteiger partial charge in [-0.25, -0.2) is 4.39 Å². The number of hydrogen-bond donors (Lipinski definition) is 1. The highest BCUT2D eigenvalue weighted by Crippen LogP contribution is 2.28. The molecule has 3 rings (SSSR count). The largest absolute Gasteiger partial charge is 0.310 e. The summed E-state index contributed by atoms with van der Waals surface area (Å²) in [6, 6.07) is 12.3. The summed E-state index contributed by atoms with van der Waals surface area (Å²) in [7, 11) is 0. The molecule has 0 unspecified atom stereocenters. The molecule has 1 aliphatic rings. The first-order chi connectivity index (χ1) is 9.63. The molecule has 1 nitrogen and oxygen atoms in total. The number of rotatable bonds is 4. The SMILES string of the molecule is Cc1ccc(C)c(-c2cc(CNC3CC3)ccc2F)c1. The molecule has 0 aliphatic heterocycles. The molecule has 1 fully saturated rings. The van der Waals surface area contributed by atoms with Crippen LogP contribution < -0.4 is 5.32 Å². The average molecular weight is 269 g/mol. The Hall–Kier alpha value is -1.67. The Morgan fingerprint density at radius 3 is 2.60 bits per heavy atom. The minimum Gasteiger partial charge on any atom is -0.310 e. The molecule has 1 saturated carbocycles. The van der Waals surface area contributed by atoms with Crippen molar-refractivity contribution in [3.05, 3.63) is 58.9 Å². The summed E-state index contributed by atoms with van der Waals surface area (Å²) in [5.41, 5.74) is 5.12. The van der Waals surface area contributed by atoms with Gasteiger partial charge >= 0.3 is 0 Å². The summed E-state index contributed by atoms with van der Waals surface area (Å²) >= 11 is 0. The van der Waals surface area contributed by atoms with E-state index in [0.29, 0.717) is 11.6 Å². The lowest BCUT2D eigenvalue weighted by Crippen LogP contribution is -2.15. The van der Waals surface area contributed by atoms with E-state index in [-0.39, 0.29) is 5.82 Å². The van der Waals surface area contributed by atoms with Gasteiger partial charge in [-0.3, -0.25) is 0 Å². The van der Waals surface area contributed by atoms with Crippen LogP contribution in [0.15, 0.2) is 36.4 Å². The maximum absolute atomic E-state index is 14.2. The third kappa shape index (κ3) is 2.91. The summed E-state index contributed by atoms with van der Waals surface area (Å²) < 4.78 is 14.2. The topological polar surface area (TPSA) is 12.0 Å². The van der Waals surface area contributed by atoms with Crippen LogP contribution in [0, 0.1) is 19.7 Å². The van der Waals surface area contributed by atoms with Gasteiger partial charge in [-0.1, -0.05) is 29.8 Å². The van der Waals surface area contributed by atoms with Crippen LogP contribution >= 0.6 is 0 Å². The Balaban J connectivity index is 1.94. The summed E-state index contributed by atoms with van der Waals surface area (Å²) in [6.45, 7) is 4.89. The minimum absolute atomic E-state index is 0.145. The fourth-order valence-electron chi connectivity index (χ4n) is 2.46. The molecule has 2 aromatic carbocycles. The van der Waals surface area contributed by atoms with Gasteiger partial charge in [-0.15, -0.1) is 0 Å². The number of hydrogen-bond acceptors (Lipinski definition) is 1. The maximum atomic E-state index is 14.2. The molecule has 2 aromatic rings. The lowest BCUT2D eigenvalue weighted by Gasteiger charge is -2.11. The second kappa shape index (κ2) is 5.37. The Morgan fingerprint density at radius 2 is 1.85 bits per heavy atom. The molecule has 20 heavy (non-hydrogen) atoms. The van der Waals surface area contributed by atoms with E-state index in [1.54, 1.807) is 6.07 Å². The molecule has 0 bridgehead atoms. The molecular formula is C18H20FN. The van der Waals surface area contributed by atoms with Gasteiger partial charge in [0.15, 0.2) is 0 Å². The normalized spacial score (nSPS) is 14.6. The molecule has 1 aliphatic carbocycles. The second-order valence-corrected chi connectivity index (χ2v) is 5.79. The molecule has 0 aromatic heterocycles. The van der Waals surface area contributed by atoms with Crippen molar-refractivity contribution >= 4 is 0 Å². The van der Waals surface area contributed by atoms with E-state index in [4.69, 9.17) is 0 Å². The molecule has 0 saturated heterocycles. The molecule has 0 atom stereocenters. The number of nitrogens with one attached hydrogen (secondary N) is 1. The van der Waals surface area contributed by atoms with Crippen LogP contribution in [0.5, 0.6) is 0 Å². The molecule has 2 heteroatoms. The zero-order valence-corrected chi connectivity index (χ0v) is 12.0. The van der Waals surface area contributed by atoms with Gasteiger partial charge in [0.2, 0.25) is 0 Å². The zero-order valence-electron chi connectivity index (χ0n) is 12.0. The van der Waals surface area contributed by atoms with E-state index < -0.39 is 0 Å². The van der Waals surface area contributed by atoms with Crippen LogP contribution in [-0.4, -0.2) is 6.04 Å². The fourth-order valence-corrected chi connectivity index (χ4v) is 2.46. The smallest absolute Gasteiger partial charge is 0.131 e. The van der Waals surface area contributed by atoms with Crippen LogP contribution in [-0.2, 0) is 6.54 Å². The molecule has 0 amide bonds. The standard InChI is InChI=1S/C18H20FN/c1-12-3-4-13(2)16(9-12)17-10-14(5-8-18(17)19)11-20-15-6-7-15/h3-5,8-10,15,20H,6-7,11H2,1-2H3. The summed E-state index contributed by atoms with van der Waals surface area (Å²) in [4.78, 5) is 0. The number of halogens is 1. The van der Waals surface area contributed by atoms with Crippen LogP contribution in [0.2, 0.25) is 0 Å². The monoisotopic (exact) mass is 269 g/mol. The Morgan fingerprint density at radius 1 is 1.05 bits per heavy atom. The van der Waals surface area contributed by atoms with Crippen molar-refractivity contribution < 1.29 is 4.39 Å². The second-order valence-electron chi connectivity index (χ2n) is 5.79. The lowest BCUT2D eigenvalue weighted by molar-refractivity contribution is 0.628. The van der Waals surface area contributed by atoms with Gasteiger partial charge in [-0.2, -0.15) is 0 Å². The van der Waals surface area contributed by atoms with E-state index in [2.05, 4.69) is 23.5 Å². The van der Waals surface area contributed by atoms with E-state index in [1.807, 2.05) is 26.0 Å². The molecule has 0 heterocycles. The predicted octanol–water partition coefficient (Wildman–Crippen LogP) is 4.36. The van der Waals surface area contributed by atoms with Gasteiger partial charge in [0, 0.05) is 18.2 Å². The van der Waals surface area contributed by atoms with Gasteiger partial charge in [-0.05, 0) is 55.5 Å². The highest BCUT2D eigenvalue weighted by atomic mass is 19.1. The van der Waals surface area contributed by atoms with Crippen molar-refractivity contribution in [2.45, 2.75) is 39.3 Å². The first kappa shape index (κ1) is 13.3. The predicted molar refractivity (Wildman–Crippen MR) is 81.2 cm³/mol. The van der Waals surface area contributed by atoms with Crippen LogP contribution in [0.4, 0.5) is 4.39 Å². The molecule has 104 valence electrons. The van der Waals surface area contributed by atoms with Gasteiger partial charge in [0.1, 0.15) is 5.82 Å². The quantitative estimate of drug-likeness (QED) is 0.869. The van der Waals surface area contributed by atoms with Crippen molar-refractivity contribution in [1.29, 1.82) is 0 Å². The average Bonchev–Trinajstić information content (AvgIpc) is 3.25. The van der Waals surface area contributed by atoms with Crippen molar-refractivity contribution in [3.8, 4) is 11.1 Å². The Bertz CT molecular complexity index is 629. The maximum Gasteiger partial charge on any atom is 0.131 e. The van der Waals surface area contributed by atoms with Gasteiger partial charge < -0.3 is 5.32 Å². The van der Waals surface area contributed by atoms with Crippen molar-refractivity contribution in [2.24, 2.45) is 0 Å². The lowest BCUT2D eigenvalue weighted by atomic mass is 9.96. The third-order valence-corrected chi connectivity index (χ3v) is 3.89.